The minimum Gasteiger partial charge on any atom is -0.457 e. The Morgan fingerprint density at radius 2 is 1.96 bits per heavy atom. The van der Waals surface area contributed by atoms with Crippen molar-refractivity contribution in [1.82, 2.24) is 20.1 Å². The standard InChI is InChI=1S/C19H18ClN5O2/c1-21-17(18(26)22-2)16-6-4-3-5-13(16)11-27-19-23-12-25(24-19)15-9-7-14(20)8-10-15/h3-10,12H,11H2,1-2H3,(H,22,26). The average Bonchev–Trinajstić information content (AvgIpc) is 3.17. The summed E-state index contributed by atoms with van der Waals surface area (Å²) in [5, 5.41) is 7.54. The van der Waals surface area contributed by atoms with Crippen molar-refractivity contribution >= 4 is 23.2 Å². The first-order chi connectivity index (χ1) is 13.1. The van der Waals surface area contributed by atoms with Gasteiger partial charge in [0.15, 0.2) is 0 Å². The number of nitrogens with zero attached hydrogens (tertiary/aromatic N) is 4. The van der Waals surface area contributed by atoms with Crippen molar-refractivity contribution < 1.29 is 9.53 Å². The van der Waals surface area contributed by atoms with Crippen LogP contribution in [0.2, 0.25) is 5.02 Å². The highest BCUT2D eigenvalue weighted by molar-refractivity contribution is 6.45. The van der Waals surface area contributed by atoms with E-state index in [1.54, 1.807) is 37.2 Å². The lowest BCUT2D eigenvalue weighted by Crippen LogP contribution is -2.29. The molecule has 0 aliphatic heterocycles. The van der Waals surface area contributed by atoms with Gasteiger partial charge in [0, 0.05) is 24.7 Å². The summed E-state index contributed by atoms with van der Waals surface area (Å²) in [6.07, 6.45) is 1.56. The molecule has 0 unspecified atom stereocenters. The van der Waals surface area contributed by atoms with Crippen molar-refractivity contribution in [3.63, 3.8) is 0 Å². The van der Waals surface area contributed by atoms with Gasteiger partial charge >= 0.3 is 6.01 Å². The zero-order chi connectivity index (χ0) is 19.2. The summed E-state index contributed by atoms with van der Waals surface area (Å²) in [6.45, 7) is 0.205. The summed E-state index contributed by atoms with van der Waals surface area (Å²) in [5.74, 6) is -0.255. The Labute approximate surface area is 161 Å². The monoisotopic (exact) mass is 383 g/mol. The fourth-order valence-corrected chi connectivity index (χ4v) is 2.64. The van der Waals surface area contributed by atoms with Gasteiger partial charge in [-0.1, -0.05) is 35.9 Å². The van der Waals surface area contributed by atoms with E-state index in [4.69, 9.17) is 16.3 Å². The molecule has 0 atom stereocenters. The molecule has 138 valence electrons. The number of amides is 1. The largest absolute Gasteiger partial charge is 0.457 e. The lowest BCUT2D eigenvalue weighted by atomic mass is 10.0. The summed E-state index contributed by atoms with van der Waals surface area (Å²) in [7, 11) is 3.15. The second-order valence-electron chi connectivity index (χ2n) is 5.55. The summed E-state index contributed by atoms with van der Waals surface area (Å²) in [5.41, 5.74) is 2.68. The Bertz CT molecular complexity index is 966. The molecule has 0 radical (unpaired) electrons. The number of nitrogens with one attached hydrogen (secondary N) is 1. The van der Waals surface area contributed by atoms with E-state index in [0.717, 1.165) is 11.3 Å². The number of hydrogen-bond donors (Lipinski definition) is 1. The van der Waals surface area contributed by atoms with E-state index in [0.29, 0.717) is 16.3 Å². The van der Waals surface area contributed by atoms with Crippen LogP contribution in [-0.2, 0) is 11.4 Å². The Hall–Kier alpha value is -3.19. The minimum atomic E-state index is -0.255. The minimum absolute atomic E-state index is 0.205. The van der Waals surface area contributed by atoms with Gasteiger partial charge in [-0.3, -0.25) is 9.79 Å². The number of ether oxygens (including phenoxy) is 1. The summed E-state index contributed by atoms with van der Waals surface area (Å²) >= 11 is 5.90. The predicted octanol–water partition coefficient (Wildman–Crippen LogP) is 2.66. The van der Waals surface area contributed by atoms with Crippen LogP contribution in [0.1, 0.15) is 11.1 Å². The number of aliphatic imine (C=N–C) groups is 1. The van der Waals surface area contributed by atoms with E-state index in [1.165, 1.54) is 0 Å². The maximum atomic E-state index is 12.0. The first kappa shape index (κ1) is 18.6. The van der Waals surface area contributed by atoms with Crippen molar-refractivity contribution in [1.29, 1.82) is 0 Å². The van der Waals surface area contributed by atoms with E-state index in [-0.39, 0.29) is 18.5 Å². The fraction of sp³-hybridized carbons (Fsp3) is 0.158. The Morgan fingerprint density at radius 3 is 2.67 bits per heavy atom. The first-order valence-corrected chi connectivity index (χ1v) is 8.57. The number of halogens is 1. The second-order valence-corrected chi connectivity index (χ2v) is 5.98. The molecule has 3 rings (SSSR count). The zero-order valence-corrected chi connectivity index (χ0v) is 15.6. The van der Waals surface area contributed by atoms with E-state index >= 15 is 0 Å². The van der Waals surface area contributed by atoms with Gasteiger partial charge in [-0.25, -0.2) is 4.68 Å². The van der Waals surface area contributed by atoms with Crippen LogP contribution < -0.4 is 10.1 Å². The van der Waals surface area contributed by atoms with Crippen LogP contribution in [0.25, 0.3) is 5.69 Å². The summed E-state index contributed by atoms with van der Waals surface area (Å²) in [6, 6.07) is 14.9. The SMILES string of the molecule is CN=C(C(=O)NC)c1ccccc1COc1ncn(-c2ccc(Cl)cc2)n1. The van der Waals surface area contributed by atoms with Crippen LogP contribution in [-0.4, -0.2) is 40.5 Å². The topological polar surface area (TPSA) is 81.4 Å². The maximum absolute atomic E-state index is 12.0. The van der Waals surface area contributed by atoms with Gasteiger partial charge in [-0.2, -0.15) is 4.98 Å². The van der Waals surface area contributed by atoms with Gasteiger partial charge in [0.2, 0.25) is 0 Å². The molecule has 1 heterocycles. The Balaban J connectivity index is 1.76. The average molecular weight is 384 g/mol. The fourth-order valence-electron chi connectivity index (χ4n) is 2.51. The first-order valence-electron chi connectivity index (χ1n) is 8.20. The molecule has 8 heteroatoms. The quantitative estimate of drug-likeness (QED) is 0.663. The lowest BCUT2D eigenvalue weighted by Gasteiger charge is -2.10. The number of aromatic nitrogens is 3. The third-order valence-electron chi connectivity index (χ3n) is 3.86. The van der Waals surface area contributed by atoms with Gasteiger partial charge < -0.3 is 10.1 Å². The van der Waals surface area contributed by atoms with Crippen LogP contribution in [0.4, 0.5) is 0 Å². The van der Waals surface area contributed by atoms with Gasteiger partial charge in [0.1, 0.15) is 18.6 Å². The number of benzene rings is 2. The molecular formula is C19H18ClN5O2. The van der Waals surface area contributed by atoms with Gasteiger partial charge in [0.05, 0.1) is 5.69 Å². The Kier molecular flexibility index (Phi) is 5.83. The molecule has 0 bridgehead atoms. The predicted molar refractivity (Wildman–Crippen MR) is 104 cm³/mol. The number of carbonyl (C=O) groups is 1. The Morgan fingerprint density at radius 1 is 1.22 bits per heavy atom. The van der Waals surface area contributed by atoms with Crippen molar-refractivity contribution in [2.24, 2.45) is 4.99 Å². The maximum Gasteiger partial charge on any atom is 0.336 e. The van der Waals surface area contributed by atoms with Crippen LogP contribution in [0.15, 0.2) is 59.9 Å². The highest BCUT2D eigenvalue weighted by Gasteiger charge is 2.16. The van der Waals surface area contributed by atoms with Gasteiger partial charge in [0.25, 0.3) is 5.91 Å². The molecular weight excluding hydrogens is 366 g/mol. The van der Waals surface area contributed by atoms with Crippen LogP contribution in [0.5, 0.6) is 6.01 Å². The van der Waals surface area contributed by atoms with Crippen LogP contribution in [0.3, 0.4) is 0 Å². The van der Waals surface area contributed by atoms with Crippen molar-refractivity contribution in [2.75, 3.05) is 14.1 Å². The molecule has 1 aromatic heterocycles. The molecule has 0 saturated carbocycles. The van der Waals surface area contributed by atoms with E-state index < -0.39 is 0 Å². The molecule has 0 saturated heterocycles. The molecule has 7 nitrogen and oxygen atoms in total. The van der Waals surface area contributed by atoms with E-state index in [2.05, 4.69) is 20.4 Å². The lowest BCUT2D eigenvalue weighted by molar-refractivity contribution is -0.114. The third-order valence-corrected chi connectivity index (χ3v) is 4.11. The molecule has 0 spiro atoms. The summed E-state index contributed by atoms with van der Waals surface area (Å²) in [4.78, 5) is 20.3. The molecule has 0 fully saturated rings. The van der Waals surface area contributed by atoms with E-state index in [1.807, 2.05) is 36.4 Å². The number of carbonyl (C=O) groups excluding carboxylic acids is 1. The normalized spacial score (nSPS) is 11.3. The molecule has 1 amide bonds. The van der Waals surface area contributed by atoms with Crippen molar-refractivity contribution in [2.45, 2.75) is 6.61 Å². The molecule has 27 heavy (non-hydrogen) atoms. The van der Waals surface area contributed by atoms with Crippen molar-refractivity contribution in [3.8, 4) is 11.7 Å². The van der Waals surface area contributed by atoms with Gasteiger partial charge in [-0.05, 0) is 29.8 Å². The molecule has 1 N–H and O–H groups in total. The summed E-state index contributed by atoms with van der Waals surface area (Å²) < 4.78 is 7.31. The zero-order valence-electron chi connectivity index (χ0n) is 14.9. The third kappa shape index (κ3) is 4.32. The number of likely N-dealkylation sites (N-methyl/N-ethyl adjacent to an activating group) is 1. The highest BCUT2D eigenvalue weighted by atomic mass is 35.5. The molecule has 3 aromatic rings. The smallest absolute Gasteiger partial charge is 0.336 e. The molecule has 2 aromatic carbocycles. The number of hydrogen-bond acceptors (Lipinski definition) is 5. The van der Waals surface area contributed by atoms with Crippen molar-refractivity contribution in [3.05, 3.63) is 71.0 Å². The highest BCUT2D eigenvalue weighted by Crippen LogP contribution is 2.16. The van der Waals surface area contributed by atoms with E-state index in [9.17, 15) is 4.79 Å². The second kappa shape index (κ2) is 8.46. The van der Waals surface area contributed by atoms with Crippen LogP contribution in [0, 0.1) is 0 Å². The number of rotatable bonds is 6. The van der Waals surface area contributed by atoms with Gasteiger partial charge in [-0.15, -0.1) is 5.10 Å². The molecule has 0 aliphatic rings. The molecule has 0 aliphatic carbocycles. The van der Waals surface area contributed by atoms with Crippen LogP contribution >= 0.6 is 11.6 Å².